The number of rotatable bonds is 2. The number of benzene rings is 1. The molecule has 1 aliphatic rings. The van der Waals surface area contributed by atoms with Crippen LogP contribution in [-0.4, -0.2) is 21.3 Å². The zero-order valence-electron chi connectivity index (χ0n) is 11.8. The van der Waals surface area contributed by atoms with E-state index in [0.29, 0.717) is 0 Å². The van der Waals surface area contributed by atoms with Gasteiger partial charge in [0.05, 0.1) is 16.8 Å². The van der Waals surface area contributed by atoms with E-state index in [1.807, 2.05) is 36.3 Å². The summed E-state index contributed by atoms with van der Waals surface area (Å²) in [5.74, 6) is 0.947. The number of fused-ring (bicyclic) bond motifs is 1. The van der Waals surface area contributed by atoms with E-state index in [9.17, 15) is 0 Å². The minimum absolute atomic E-state index is 0.947. The number of pyridine rings is 2. The Balaban J connectivity index is 1.87. The fourth-order valence-electron chi connectivity index (χ4n) is 2.57. The molecule has 3 heterocycles. The third-order valence-electron chi connectivity index (χ3n) is 3.61. The minimum Gasteiger partial charge on any atom is -0.265 e. The average Bonchev–Trinajstić information content (AvgIpc) is 3.08. The van der Waals surface area contributed by atoms with Crippen molar-refractivity contribution >= 4 is 34.3 Å². The molecule has 0 unspecified atom stereocenters. The Kier molecular flexibility index (Phi) is 3.45. The molecule has 4 heteroatoms. The lowest BCUT2D eigenvalue weighted by molar-refractivity contribution is 1.33. The molecule has 0 bridgehead atoms. The second-order valence-corrected chi connectivity index (χ2v) is 5.89. The quantitative estimate of drug-likeness (QED) is 0.703. The van der Waals surface area contributed by atoms with Crippen molar-refractivity contribution < 1.29 is 0 Å². The first-order valence-corrected chi connectivity index (χ1v) is 8.09. The van der Waals surface area contributed by atoms with Crippen LogP contribution in [0.25, 0.3) is 28.1 Å². The number of aromatic nitrogens is 2. The monoisotopic (exact) mass is 303 g/mol. The highest BCUT2D eigenvalue weighted by atomic mass is 32.2. The van der Waals surface area contributed by atoms with Crippen molar-refractivity contribution in [3.63, 3.8) is 0 Å². The minimum atomic E-state index is 0.947. The lowest BCUT2D eigenvalue weighted by atomic mass is 10.0. The van der Waals surface area contributed by atoms with Gasteiger partial charge < -0.3 is 0 Å². The van der Waals surface area contributed by atoms with Gasteiger partial charge in [0.2, 0.25) is 0 Å². The molecule has 3 nitrogen and oxygen atoms in total. The third kappa shape index (κ3) is 2.53. The molecule has 3 aromatic rings. The van der Waals surface area contributed by atoms with Gasteiger partial charge in [0.15, 0.2) is 0 Å². The summed E-state index contributed by atoms with van der Waals surface area (Å²) in [5.41, 5.74) is 7.50. The smallest absolute Gasteiger partial charge is 0.0708 e. The molecule has 0 N–H and O–H groups in total. The first-order chi connectivity index (χ1) is 10.9. The largest absolute Gasteiger partial charge is 0.265 e. The van der Waals surface area contributed by atoms with Crippen molar-refractivity contribution in [2.75, 3.05) is 5.75 Å². The van der Waals surface area contributed by atoms with E-state index >= 15 is 0 Å². The summed E-state index contributed by atoms with van der Waals surface area (Å²) in [6.45, 7) is 0. The highest BCUT2D eigenvalue weighted by Gasteiger charge is 2.06. The molecule has 0 radical (unpaired) electrons. The van der Waals surface area contributed by atoms with Crippen LogP contribution in [0, 0.1) is 0 Å². The Bertz CT molecular complexity index is 885. The average molecular weight is 303 g/mol. The van der Waals surface area contributed by atoms with Crippen molar-refractivity contribution in [1.82, 2.24) is 9.97 Å². The van der Waals surface area contributed by atoms with E-state index in [1.54, 1.807) is 11.8 Å². The van der Waals surface area contributed by atoms with Crippen LogP contribution in [0.1, 0.15) is 5.56 Å². The molecule has 2 aromatic heterocycles. The predicted molar refractivity (Wildman–Crippen MR) is 93.9 cm³/mol. The normalized spacial score (nSPS) is 15.7. The molecule has 22 heavy (non-hydrogen) atoms. The number of hydrogen-bond donors (Lipinski definition) is 0. The Morgan fingerprint density at radius 1 is 1.00 bits per heavy atom. The Morgan fingerprint density at radius 3 is 2.73 bits per heavy atom. The van der Waals surface area contributed by atoms with E-state index in [0.717, 1.165) is 33.5 Å². The first-order valence-electron chi connectivity index (χ1n) is 7.04. The summed E-state index contributed by atoms with van der Waals surface area (Å²) in [5, 5.41) is 1.15. The van der Waals surface area contributed by atoms with E-state index in [-0.39, 0.29) is 0 Å². The van der Waals surface area contributed by atoms with Gasteiger partial charge in [0, 0.05) is 29.7 Å². The van der Waals surface area contributed by atoms with Gasteiger partial charge in [-0.05, 0) is 53.1 Å². The van der Waals surface area contributed by atoms with Gasteiger partial charge in [-0.3, -0.25) is 15.0 Å². The van der Waals surface area contributed by atoms with Crippen molar-refractivity contribution in [1.29, 1.82) is 0 Å². The molecular formula is C18H13N3S. The molecule has 1 aliphatic heterocycles. The van der Waals surface area contributed by atoms with Gasteiger partial charge in [-0.2, -0.15) is 0 Å². The topological polar surface area (TPSA) is 38.1 Å². The summed E-state index contributed by atoms with van der Waals surface area (Å²) >= 11 is 1.73. The zero-order chi connectivity index (χ0) is 14.8. The molecule has 4 rings (SSSR count). The van der Waals surface area contributed by atoms with Gasteiger partial charge in [0.25, 0.3) is 0 Å². The van der Waals surface area contributed by atoms with Crippen LogP contribution >= 0.6 is 11.8 Å². The number of nitrogens with zero attached hydrogens (tertiary/aromatic N) is 3. The SMILES string of the molecule is C1=N/C(=C\c2ccc3nccc(-c4ccncc4)c3c2)CS1. The fourth-order valence-corrected chi connectivity index (χ4v) is 3.19. The van der Waals surface area contributed by atoms with Crippen LogP contribution in [0.2, 0.25) is 0 Å². The molecule has 106 valence electrons. The van der Waals surface area contributed by atoms with Gasteiger partial charge >= 0.3 is 0 Å². The maximum atomic E-state index is 4.47. The molecule has 0 spiro atoms. The lowest BCUT2D eigenvalue weighted by Crippen LogP contribution is -1.86. The molecule has 0 fully saturated rings. The molecule has 0 atom stereocenters. The van der Waals surface area contributed by atoms with E-state index in [1.165, 1.54) is 5.56 Å². The Labute approximate surface area is 132 Å². The molecular weight excluding hydrogens is 290 g/mol. The number of aliphatic imine (C=N–C) groups is 1. The number of thioether (sulfide) groups is 1. The maximum Gasteiger partial charge on any atom is 0.0708 e. The van der Waals surface area contributed by atoms with Crippen molar-refractivity contribution in [3.8, 4) is 11.1 Å². The molecule has 0 aliphatic carbocycles. The summed E-state index contributed by atoms with van der Waals surface area (Å²) in [6, 6.07) is 12.5. The summed E-state index contributed by atoms with van der Waals surface area (Å²) < 4.78 is 0. The van der Waals surface area contributed by atoms with Gasteiger partial charge in [-0.25, -0.2) is 0 Å². The highest BCUT2D eigenvalue weighted by molar-refractivity contribution is 8.12. The fraction of sp³-hybridized carbons (Fsp3) is 0.0556. The molecule has 0 saturated heterocycles. The number of hydrogen-bond acceptors (Lipinski definition) is 4. The Hall–Kier alpha value is -2.46. The maximum absolute atomic E-state index is 4.47. The lowest BCUT2D eigenvalue weighted by Gasteiger charge is -2.07. The predicted octanol–water partition coefficient (Wildman–Crippen LogP) is 4.41. The van der Waals surface area contributed by atoms with Crippen LogP contribution in [0.3, 0.4) is 0 Å². The van der Waals surface area contributed by atoms with E-state index < -0.39 is 0 Å². The molecule has 0 amide bonds. The first kappa shape index (κ1) is 13.2. The van der Waals surface area contributed by atoms with Crippen LogP contribution in [0.5, 0.6) is 0 Å². The third-order valence-corrected chi connectivity index (χ3v) is 4.33. The van der Waals surface area contributed by atoms with E-state index in [2.05, 4.69) is 45.3 Å². The second kappa shape index (κ2) is 5.73. The van der Waals surface area contributed by atoms with Gasteiger partial charge in [-0.1, -0.05) is 6.07 Å². The van der Waals surface area contributed by atoms with Crippen LogP contribution < -0.4 is 0 Å². The summed E-state index contributed by atoms with van der Waals surface area (Å²) in [6.07, 6.45) is 7.63. The zero-order valence-corrected chi connectivity index (χ0v) is 12.6. The molecule has 0 saturated carbocycles. The van der Waals surface area contributed by atoms with Crippen molar-refractivity contribution in [2.24, 2.45) is 4.99 Å². The van der Waals surface area contributed by atoms with Crippen molar-refractivity contribution in [2.45, 2.75) is 0 Å². The molecule has 1 aromatic carbocycles. The van der Waals surface area contributed by atoms with Crippen LogP contribution in [0.15, 0.2) is 65.7 Å². The van der Waals surface area contributed by atoms with E-state index in [4.69, 9.17) is 0 Å². The summed E-state index contributed by atoms with van der Waals surface area (Å²) in [4.78, 5) is 12.9. The standard InChI is InChI=1S/C18H13N3S/c1-2-18-17(10-13(1)9-15-11-22-12-21-15)16(5-8-20-18)14-3-6-19-7-4-14/h1-10,12H,11H2/b15-9-. The van der Waals surface area contributed by atoms with Gasteiger partial charge in [0.1, 0.15) is 0 Å². The van der Waals surface area contributed by atoms with Crippen LogP contribution in [0.4, 0.5) is 0 Å². The van der Waals surface area contributed by atoms with Gasteiger partial charge in [-0.15, -0.1) is 11.8 Å². The van der Waals surface area contributed by atoms with Crippen LogP contribution in [-0.2, 0) is 0 Å². The van der Waals surface area contributed by atoms with Crippen molar-refractivity contribution in [3.05, 3.63) is 66.2 Å². The summed E-state index contributed by atoms with van der Waals surface area (Å²) in [7, 11) is 0. The highest BCUT2D eigenvalue weighted by Crippen LogP contribution is 2.28. The Morgan fingerprint density at radius 2 is 1.91 bits per heavy atom. The second-order valence-electron chi connectivity index (χ2n) is 5.05.